The van der Waals surface area contributed by atoms with Crippen molar-refractivity contribution in [3.63, 3.8) is 0 Å². The molecule has 0 aromatic rings. The Morgan fingerprint density at radius 3 is 2.14 bits per heavy atom. The highest BCUT2D eigenvalue weighted by atomic mass is 79.9. The molecule has 0 aliphatic rings. The zero-order valence-corrected chi connectivity index (χ0v) is 6.46. The Bertz CT molecular complexity index is 64.6. The summed E-state index contributed by atoms with van der Waals surface area (Å²) in [5.74, 6) is 0.624. The van der Waals surface area contributed by atoms with Crippen molar-refractivity contribution >= 4 is 15.9 Å². The van der Waals surface area contributed by atoms with Crippen LogP contribution in [0, 0.1) is 5.92 Å². The number of hydrogen-bond donors (Lipinski definition) is 0. The van der Waals surface area contributed by atoms with E-state index in [0.717, 1.165) is 5.33 Å². The summed E-state index contributed by atoms with van der Waals surface area (Å²) >= 11 is 3.32. The number of hydrogen-bond acceptors (Lipinski definition) is 0. The summed E-state index contributed by atoms with van der Waals surface area (Å²) in [6.07, 6.45) is 0. The summed E-state index contributed by atoms with van der Waals surface area (Å²) in [5, 5.41) is 0.935. The zero-order chi connectivity index (χ0) is 5.86. The molecule has 0 amide bonds. The third-order valence-electron chi connectivity index (χ3n) is 0.988. The summed E-state index contributed by atoms with van der Waals surface area (Å²) in [4.78, 5) is 0. The molecule has 0 saturated carbocycles. The molecule has 0 aromatic heterocycles. The van der Waals surface area contributed by atoms with Gasteiger partial charge in [0.1, 0.15) is 0 Å². The molecule has 0 aliphatic carbocycles. The van der Waals surface area contributed by atoms with Crippen LogP contribution in [0.5, 0.6) is 0 Å². The van der Waals surface area contributed by atoms with Gasteiger partial charge in [-0.1, -0.05) is 41.9 Å². The Hall–Kier alpha value is 0.220. The molecule has 0 radical (unpaired) electrons. The third kappa shape index (κ3) is 2.86. The molecular weight excluding hydrogens is 152 g/mol. The molecule has 0 atom stereocenters. The van der Waals surface area contributed by atoms with Crippen molar-refractivity contribution in [1.29, 1.82) is 0 Å². The van der Waals surface area contributed by atoms with Crippen molar-refractivity contribution in [3.05, 3.63) is 12.2 Å². The first-order chi connectivity index (χ1) is 3.18. The molecule has 0 rings (SSSR count). The molecule has 0 bridgehead atoms. The van der Waals surface area contributed by atoms with E-state index in [1.807, 2.05) is 0 Å². The first-order valence-corrected chi connectivity index (χ1v) is 3.54. The van der Waals surface area contributed by atoms with Crippen LogP contribution in [-0.4, -0.2) is 5.33 Å². The minimum absolute atomic E-state index is 0.624. The largest absolute Gasteiger partial charge is 0.0988 e. The van der Waals surface area contributed by atoms with Gasteiger partial charge in [-0.2, -0.15) is 0 Å². The fourth-order valence-corrected chi connectivity index (χ4v) is 0.802. The van der Waals surface area contributed by atoms with Gasteiger partial charge in [0.15, 0.2) is 0 Å². The Morgan fingerprint density at radius 1 is 1.71 bits per heavy atom. The Labute approximate surface area is 53.7 Å². The molecule has 0 aromatic carbocycles. The topological polar surface area (TPSA) is 0 Å². The predicted molar refractivity (Wildman–Crippen MR) is 37.8 cm³/mol. The first kappa shape index (κ1) is 7.22. The van der Waals surface area contributed by atoms with Crippen molar-refractivity contribution in [2.45, 2.75) is 13.8 Å². The highest BCUT2D eigenvalue weighted by Gasteiger charge is 1.94. The van der Waals surface area contributed by atoms with Crippen molar-refractivity contribution in [2.24, 2.45) is 5.92 Å². The molecule has 42 valence electrons. The second-order valence-corrected chi connectivity index (χ2v) is 2.51. The van der Waals surface area contributed by atoms with Crippen LogP contribution >= 0.6 is 15.9 Å². The molecule has 0 fully saturated rings. The average molecular weight is 163 g/mol. The van der Waals surface area contributed by atoms with E-state index >= 15 is 0 Å². The smallest absolute Gasteiger partial charge is 0.0241 e. The maximum absolute atomic E-state index is 3.83. The molecule has 0 N–H and O–H groups in total. The van der Waals surface area contributed by atoms with Crippen LogP contribution in [0.3, 0.4) is 0 Å². The maximum atomic E-state index is 3.83. The fraction of sp³-hybridized carbons (Fsp3) is 0.667. The molecule has 0 nitrogen and oxygen atoms in total. The zero-order valence-electron chi connectivity index (χ0n) is 4.87. The van der Waals surface area contributed by atoms with Gasteiger partial charge in [-0.05, 0) is 5.92 Å². The molecule has 0 heterocycles. The number of allylic oxidation sites excluding steroid dienone is 1. The summed E-state index contributed by atoms with van der Waals surface area (Å²) in [5.41, 5.74) is 1.26. The summed E-state index contributed by atoms with van der Waals surface area (Å²) in [6, 6.07) is 0. The number of rotatable bonds is 2. The summed E-state index contributed by atoms with van der Waals surface area (Å²) < 4.78 is 0. The Balaban J connectivity index is 3.35. The minimum atomic E-state index is 0.624. The SMILES string of the molecule is C=C(CBr)C(C)C. The van der Waals surface area contributed by atoms with Gasteiger partial charge in [0.25, 0.3) is 0 Å². The fourth-order valence-electron chi connectivity index (χ4n) is 0.154. The van der Waals surface area contributed by atoms with Gasteiger partial charge in [-0.3, -0.25) is 0 Å². The normalized spacial score (nSPS) is 9.71. The van der Waals surface area contributed by atoms with Gasteiger partial charge in [-0.15, -0.1) is 0 Å². The molecule has 0 spiro atoms. The molecule has 0 unspecified atom stereocenters. The second kappa shape index (κ2) is 3.25. The van der Waals surface area contributed by atoms with E-state index in [0.29, 0.717) is 5.92 Å². The quantitative estimate of drug-likeness (QED) is 0.433. The molecule has 7 heavy (non-hydrogen) atoms. The van der Waals surface area contributed by atoms with E-state index in [1.54, 1.807) is 0 Å². The molecule has 0 saturated heterocycles. The number of halogens is 1. The highest BCUT2D eigenvalue weighted by molar-refractivity contribution is 9.09. The van der Waals surface area contributed by atoms with E-state index < -0.39 is 0 Å². The van der Waals surface area contributed by atoms with Crippen LogP contribution in [0.1, 0.15) is 13.8 Å². The maximum Gasteiger partial charge on any atom is 0.0241 e. The van der Waals surface area contributed by atoms with E-state index in [1.165, 1.54) is 5.57 Å². The summed E-state index contributed by atoms with van der Waals surface area (Å²) in [6.45, 7) is 8.11. The van der Waals surface area contributed by atoms with E-state index in [4.69, 9.17) is 0 Å². The van der Waals surface area contributed by atoms with Gasteiger partial charge in [0, 0.05) is 5.33 Å². The lowest BCUT2D eigenvalue weighted by molar-refractivity contribution is 0.778. The molecule has 1 heteroatoms. The van der Waals surface area contributed by atoms with E-state index in [9.17, 15) is 0 Å². The van der Waals surface area contributed by atoms with Crippen LogP contribution in [-0.2, 0) is 0 Å². The monoisotopic (exact) mass is 162 g/mol. The van der Waals surface area contributed by atoms with Gasteiger partial charge >= 0.3 is 0 Å². The molecular formula is C6H11Br. The van der Waals surface area contributed by atoms with Gasteiger partial charge in [-0.25, -0.2) is 0 Å². The van der Waals surface area contributed by atoms with Gasteiger partial charge < -0.3 is 0 Å². The van der Waals surface area contributed by atoms with Gasteiger partial charge in [0.2, 0.25) is 0 Å². The molecule has 0 aliphatic heterocycles. The standard InChI is InChI=1S/C6H11Br/c1-5(2)6(3)4-7/h5H,3-4H2,1-2H3. The highest BCUT2D eigenvalue weighted by Crippen LogP contribution is 2.07. The predicted octanol–water partition coefficient (Wildman–Crippen LogP) is 2.59. The first-order valence-electron chi connectivity index (χ1n) is 2.42. The van der Waals surface area contributed by atoms with Crippen LogP contribution in [0.25, 0.3) is 0 Å². The summed E-state index contributed by atoms with van der Waals surface area (Å²) in [7, 11) is 0. The van der Waals surface area contributed by atoms with Crippen molar-refractivity contribution < 1.29 is 0 Å². The minimum Gasteiger partial charge on any atom is -0.0988 e. The Kier molecular flexibility index (Phi) is 3.35. The van der Waals surface area contributed by atoms with E-state index in [-0.39, 0.29) is 0 Å². The van der Waals surface area contributed by atoms with Crippen LogP contribution in [0.2, 0.25) is 0 Å². The Morgan fingerprint density at radius 2 is 2.14 bits per heavy atom. The van der Waals surface area contributed by atoms with Crippen LogP contribution in [0.15, 0.2) is 12.2 Å². The van der Waals surface area contributed by atoms with Crippen molar-refractivity contribution in [2.75, 3.05) is 5.33 Å². The second-order valence-electron chi connectivity index (χ2n) is 1.95. The van der Waals surface area contributed by atoms with Crippen molar-refractivity contribution in [3.8, 4) is 0 Å². The lowest BCUT2D eigenvalue weighted by Crippen LogP contribution is -1.91. The van der Waals surface area contributed by atoms with Crippen molar-refractivity contribution in [1.82, 2.24) is 0 Å². The lowest BCUT2D eigenvalue weighted by atomic mass is 10.1. The van der Waals surface area contributed by atoms with Gasteiger partial charge in [0.05, 0.1) is 0 Å². The van der Waals surface area contributed by atoms with Crippen LogP contribution < -0.4 is 0 Å². The average Bonchev–Trinajstić information content (AvgIpc) is 1.65. The third-order valence-corrected chi connectivity index (χ3v) is 1.71. The van der Waals surface area contributed by atoms with E-state index in [2.05, 4.69) is 36.4 Å². The van der Waals surface area contributed by atoms with Crippen LogP contribution in [0.4, 0.5) is 0 Å². The number of alkyl halides is 1. The lowest BCUT2D eigenvalue weighted by Gasteiger charge is -2.01.